The van der Waals surface area contributed by atoms with Crippen LogP contribution in [-0.2, 0) is 4.79 Å². The second-order valence-corrected chi connectivity index (χ2v) is 2.85. The monoisotopic (exact) mass is 185 g/mol. The van der Waals surface area contributed by atoms with Gasteiger partial charge in [0.1, 0.15) is 0 Å². The van der Waals surface area contributed by atoms with E-state index in [2.05, 4.69) is 17.2 Å². The molecule has 0 saturated heterocycles. The predicted octanol–water partition coefficient (Wildman–Crippen LogP) is -0.384. The summed E-state index contributed by atoms with van der Waals surface area (Å²) in [5, 5.41) is 5.77. The summed E-state index contributed by atoms with van der Waals surface area (Å²) in [7, 11) is 0. The van der Waals surface area contributed by atoms with Gasteiger partial charge in [-0.2, -0.15) is 0 Å². The van der Waals surface area contributed by atoms with Gasteiger partial charge in [0.25, 0.3) is 0 Å². The van der Waals surface area contributed by atoms with E-state index in [1.54, 1.807) is 6.08 Å². The minimum absolute atomic E-state index is 0.00285. The van der Waals surface area contributed by atoms with Gasteiger partial charge in [0.2, 0.25) is 5.91 Å². The van der Waals surface area contributed by atoms with E-state index < -0.39 is 0 Å². The zero-order valence-electron chi connectivity index (χ0n) is 8.18. The van der Waals surface area contributed by atoms with Gasteiger partial charge in [-0.3, -0.25) is 4.79 Å². The highest BCUT2D eigenvalue weighted by Gasteiger charge is 2.09. The number of hydrogen-bond donors (Lipinski definition) is 3. The molecule has 0 aromatic heterocycles. The van der Waals surface area contributed by atoms with Crippen molar-refractivity contribution in [2.75, 3.05) is 19.6 Å². The standard InChI is InChI=1S/C9H19N3O/c1-3-6-12-9(13)8(2)11-7-4-5-10/h3,8,11H,1,4-7,10H2,2H3,(H,12,13). The molecule has 4 heteroatoms. The third-order valence-electron chi connectivity index (χ3n) is 1.65. The molecule has 0 aromatic carbocycles. The molecule has 0 heterocycles. The first-order valence-corrected chi connectivity index (χ1v) is 4.54. The number of amides is 1. The van der Waals surface area contributed by atoms with Crippen LogP contribution in [0.2, 0.25) is 0 Å². The van der Waals surface area contributed by atoms with Crippen LogP contribution in [0.5, 0.6) is 0 Å². The van der Waals surface area contributed by atoms with Crippen molar-refractivity contribution >= 4 is 5.91 Å². The Morgan fingerprint density at radius 3 is 2.92 bits per heavy atom. The van der Waals surface area contributed by atoms with Gasteiger partial charge in [0.15, 0.2) is 0 Å². The molecule has 1 amide bonds. The van der Waals surface area contributed by atoms with Crippen molar-refractivity contribution in [3.63, 3.8) is 0 Å². The fraction of sp³-hybridized carbons (Fsp3) is 0.667. The van der Waals surface area contributed by atoms with Crippen LogP contribution in [0.15, 0.2) is 12.7 Å². The summed E-state index contributed by atoms with van der Waals surface area (Å²) < 4.78 is 0. The van der Waals surface area contributed by atoms with Crippen molar-refractivity contribution in [1.29, 1.82) is 0 Å². The summed E-state index contributed by atoms with van der Waals surface area (Å²) in [5.74, 6) is -0.00285. The van der Waals surface area contributed by atoms with Crippen molar-refractivity contribution in [2.45, 2.75) is 19.4 Å². The maximum atomic E-state index is 11.2. The van der Waals surface area contributed by atoms with Gasteiger partial charge in [0, 0.05) is 6.54 Å². The number of carbonyl (C=O) groups is 1. The molecule has 0 bridgehead atoms. The summed E-state index contributed by atoms with van der Waals surface area (Å²) in [6.07, 6.45) is 2.55. The summed E-state index contributed by atoms with van der Waals surface area (Å²) in [6, 6.07) is -0.161. The quantitative estimate of drug-likeness (QED) is 0.374. The summed E-state index contributed by atoms with van der Waals surface area (Å²) in [5.41, 5.74) is 5.32. The number of nitrogens with two attached hydrogens (primary N) is 1. The van der Waals surface area contributed by atoms with Crippen molar-refractivity contribution in [1.82, 2.24) is 10.6 Å². The molecular formula is C9H19N3O. The lowest BCUT2D eigenvalue weighted by atomic mass is 10.3. The number of hydrogen-bond acceptors (Lipinski definition) is 3. The Balaban J connectivity index is 3.50. The lowest BCUT2D eigenvalue weighted by molar-refractivity contribution is -0.122. The third kappa shape index (κ3) is 6.31. The SMILES string of the molecule is C=CCNC(=O)C(C)NCCCN. The Labute approximate surface area is 79.6 Å². The first kappa shape index (κ1) is 12.1. The maximum absolute atomic E-state index is 11.2. The van der Waals surface area contributed by atoms with Crippen LogP contribution in [0.3, 0.4) is 0 Å². The third-order valence-corrected chi connectivity index (χ3v) is 1.65. The van der Waals surface area contributed by atoms with Crippen molar-refractivity contribution in [2.24, 2.45) is 5.73 Å². The molecule has 0 radical (unpaired) electrons. The average molecular weight is 185 g/mol. The Hall–Kier alpha value is -0.870. The van der Waals surface area contributed by atoms with Gasteiger partial charge in [0.05, 0.1) is 6.04 Å². The smallest absolute Gasteiger partial charge is 0.237 e. The van der Waals surface area contributed by atoms with E-state index in [4.69, 9.17) is 5.73 Å². The molecule has 0 saturated carbocycles. The van der Waals surface area contributed by atoms with E-state index in [0.29, 0.717) is 13.1 Å². The molecule has 0 rings (SSSR count). The van der Waals surface area contributed by atoms with E-state index in [9.17, 15) is 4.79 Å². The van der Waals surface area contributed by atoms with Crippen LogP contribution in [0, 0.1) is 0 Å². The van der Waals surface area contributed by atoms with Gasteiger partial charge in [-0.1, -0.05) is 6.08 Å². The maximum Gasteiger partial charge on any atom is 0.237 e. The molecule has 0 aliphatic carbocycles. The molecular weight excluding hydrogens is 166 g/mol. The van der Waals surface area contributed by atoms with Crippen molar-refractivity contribution in [3.05, 3.63) is 12.7 Å². The first-order chi connectivity index (χ1) is 6.22. The second-order valence-electron chi connectivity index (χ2n) is 2.85. The normalized spacial score (nSPS) is 12.2. The van der Waals surface area contributed by atoms with Crippen LogP contribution in [0.1, 0.15) is 13.3 Å². The van der Waals surface area contributed by atoms with Crippen LogP contribution in [0.25, 0.3) is 0 Å². The molecule has 4 N–H and O–H groups in total. The highest BCUT2D eigenvalue weighted by atomic mass is 16.2. The molecule has 1 atom stereocenters. The molecule has 0 spiro atoms. The summed E-state index contributed by atoms with van der Waals surface area (Å²) in [4.78, 5) is 11.2. The molecule has 0 aliphatic heterocycles. The molecule has 0 aliphatic rings. The lowest BCUT2D eigenvalue weighted by Crippen LogP contribution is -2.42. The minimum atomic E-state index is -0.161. The van der Waals surface area contributed by atoms with Gasteiger partial charge in [-0.15, -0.1) is 6.58 Å². The highest BCUT2D eigenvalue weighted by Crippen LogP contribution is 1.82. The van der Waals surface area contributed by atoms with Crippen molar-refractivity contribution < 1.29 is 4.79 Å². The Kier molecular flexibility index (Phi) is 7.24. The van der Waals surface area contributed by atoms with Gasteiger partial charge >= 0.3 is 0 Å². The van der Waals surface area contributed by atoms with E-state index >= 15 is 0 Å². The Morgan fingerprint density at radius 1 is 1.69 bits per heavy atom. The Bertz CT molecular complexity index is 159. The minimum Gasteiger partial charge on any atom is -0.351 e. The zero-order chi connectivity index (χ0) is 10.1. The van der Waals surface area contributed by atoms with Crippen LogP contribution in [-0.4, -0.2) is 31.6 Å². The number of rotatable bonds is 7. The predicted molar refractivity (Wildman–Crippen MR) is 54.3 cm³/mol. The topological polar surface area (TPSA) is 67.2 Å². The van der Waals surface area contributed by atoms with E-state index in [0.717, 1.165) is 13.0 Å². The largest absolute Gasteiger partial charge is 0.351 e. The van der Waals surface area contributed by atoms with E-state index in [1.165, 1.54) is 0 Å². The highest BCUT2D eigenvalue weighted by molar-refractivity contribution is 5.81. The molecule has 0 aromatic rings. The fourth-order valence-corrected chi connectivity index (χ4v) is 0.839. The fourth-order valence-electron chi connectivity index (χ4n) is 0.839. The molecule has 1 unspecified atom stereocenters. The molecule has 13 heavy (non-hydrogen) atoms. The number of nitrogens with one attached hydrogen (secondary N) is 2. The molecule has 0 fully saturated rings. The van der Waals surface area contributed by atoms with Gasteiger partial charge < -0.3 is 16.4 Å². The summed E-state index contributed by atoms with van der Waals surface area (Å²) >= 11 is 0. The van der Waals surface area contributed by atoms with E-state index in [-0.39, 0.29) is 11.9 Å². The second kappa shape index (κ2) is 7.76. The molecule has 4 nitrogen and oxygen atoms in total. The Morgan fingerprint density at radius 2 is 2.38 bits per heavy atom. The summed E-state index contributed by atoms with van der Waals surface area (Å²) in [6.45, 7) is 7.28. The van der Waals surface area contributed by atoms with Crippen LogP contribution >= 0.6 is 0 Å². The van der Waals surface area contributed by atoms with Gasteiger partial charge in [-0.05, 0) is 26.4 Å². The zero-order valence-corrected chi connectivity index (χ0v) is 8.18. The van der Waals surface area contributed by atoms with Crippen LogP contribution in [0.4, 0.5) is 0 Å². The average Bonchev–Trinajstić information content (AvgIpc) is 2.14. The first-order valence-electron chi connectivity index (χ1n) is 4.54. The van der Waals surface area contributed by atoms with Crippen molar-refractivity contribution in [3.8, 4) is 0 Å². The number of carbonyl (C=O) groups excluding carboxylic acids is 1. The molecule has 76 valence electrons. The van der Waals surface area contributed by atoms with Crippen LogP contribution < -0.4 is 16.4 Å². The van der Waals surface area contributed by atoms with Gasteiger partial charge in [-0.25, -0.2) is 0 Å². The lowest BCUT2D eigenvalue weighted by Gasteiger charge is -2.12. The van der Waals surface area contributed by atoms with E-state index in [1.807, 2.05) is 6.92 Å².